The van der Waals surface area contributed by atoms with Crippen molar-refractivity contribution in [1.29, 1.82) is 0 Å². The van der Waals surface area contributed by atoms with Crippen molar-refractivity contribution in [2.24, 2.45) is 0 Å². The maximum Gasteiger partial charge on any atom is 0.338 e. The van der Waals surface area contributed by atoms with Crippen LogP contribution in [0.5, 0.6) is 0 Å². The molecule has 0 saturated carbocycles. The third-order valence-corrected chi connectivity index (χ3v) is 4.34. The van der Waals surface area contributed by atoms with Gasteiger partial charge < -0.3 is 19.9 Å². The largest absolute Gasteiger partial charge is 0.462 e. The lowest BCUT2D eigenvalue weighted by molar-refractivity contribution is 0.0526. The molecule has 1 saturated heterocycles. The topological polar surface area (TPSA) is 87.7 Å². The number of likely N-dealkylation sites (N-methyl/N-ethyl adjacent to an activating group) is 1. The molecular weight excluding hydrogens is 346 g/mol. The quantitative estimate of drug-likeness (QED) is 0.802. The van der Waals surface area contributed by atoms with E-state index in [-0.39, 0.29) is 11.9 Å². The summed E-state index contributed by atoms with van der Waals surface area (Å²) in [5.74, 6) is -0.0504. The van der Waals surface area contributed by atoms with Crippen molar-refractivity contribution in [1.82, 2.24) is 14.9 Å². The Bertz CT molecular complexity index is 784. The number of hydrogen-bond donors (Lipinski definition) is 1. The lowest BCUT2D eigenvalue weighted by atomic mass is 10.2. The molecule has 1 amide bonds. The Balaban J connectivity index is 1.60. The van der Waals surface area contributed by atoms with Gasteiger partial charge >= 0.3 is 5.97 Å². The number of benzene rings is 1. The molecule has 27 heavy (non-hydrogen) atoms. The Morgan fingerprint density at radius 3 is 2.26 bits per heavy atom. The minimum Gasteiger partial charge on any atom is -0.462 e. The molecule has 2 aromatic rings. The number of carbonyl (C=O) groups excluding carboxylic acids is 2. The Morgan fingerprint density at radius 2 is 1.67 bits per heavy atom. The number of anilines is 2. The Kier molecular flexibility index (Phi) is 5.97. The zero-order valence-electron chi connectivity index (χ0n) is 15.5. The number of esters is 1. The molecule has 1 aromatic carbocycles. The van der Waals surface area contributed by atoms with Gasteiger partial charge in [-0.25, -0.2) is 14.8 Å². The molecule has 142 valence electrons. The predicted octanol–water partition coefficient (Wildman–Crippen LogP) is 1.66. The van der Waals surface area contributed by atoms with Crippen molar-refractivity contribution >= 4 is 23.5 Å². The highest BCUT2D eigenvalue weighted by Crippen LogP contribution is 2.14. The second-order valence-electron chi connectivity index (χ2n) is 6.31. The summed E-state index contributed by atoms with van der Waals surface area (Å²) < 4.78 is 4.94. The molecule has 0 unspecified atom stereocenters. The van der Waals surface area contributed by atoms with Crippen LogP contribution >= 0.6 is 0 Å². The highest BCUT2D eigenvalue weighted by molar-refractivity contribution is 6.04. The van der Waals surface area contributed by atoms with E-state index < -0.39 is 0 Å². The molecule has 3 rings (SSSR count). The van der Waals surface area contributed by atoms with E-state index in [9.17, 15) is 9.59 Å². The van der Waals surface area contributed by atoms with Crippen molar-refractivity contribution in [2.75, 3.05) is 50.1 Å². The van der Waals surface area contributed by atoms with Crippen LogP contribution in [0.25, 0.3) is 0 Å². The molecule has 1 aromatic heterocycles. The van der Waals surface area contributed by atoms with Crippen LogP contribution in [0, 0.1) is 0 Å². The number of nitrogens with one attached hydrogen (secondary N) is 1. The number of aromatic nitrogens is 2. The smallest absolute Gasteiger partial charge is 0.338 e. The molecule has 0 spiro atoms. The molecule has 1 fully saturated rings. The van der Waals surface area contributed by atoms with Gasteiger partial charge in [-0.05, 0) is 38.2 Å². The zero-order valence-corrected chi connectivity index (χ0v) is 15.5. The molecule has 2 heterocycles. The minimum absolute atomic E-state index is 0.302. The molecule has 1 N–H and O–H groups in total. The van der Waals surface area contributed by atoms with Crippen LogP contribution in [0.15, 0.2) is 36.7 Å². The Morgan fingerprint density at radius 1 is 1.04 bits per heavy atom. The lowest BCUT2D eigenvalue weighted by Crippen LogP contribution is -2.45. The molecule has 0 atom stereocenters. The van der Waals surface area contributed by atoms with E-state index in [2.05, 4.69) is 32.1 Å². The summed E-state index contributed by atoms with van der Waals surface area (Å²) in [7, 11) is 2.09. The first-order valence-corrected chi connectivity index (χ1v) is 8.91. The van der Waals surface area contributed by atoms with Crippen molar-refractivity contribution in [2.45, 2.75) is 6.92 Å². The number of carbonyl (C=O) groups is 2. The summed E-state index contributed by atoms with van der Waals surface area (Å²) in [5.41, 5.74) is 1.40. The minimum atomic E-state index is -0.386. The van der Waals surface area contributed by atoms with Crippen molar-refractivity contribution < 1.29 is 14.3 Å². The van der Waals surface area contributed by atoms with E-state index in [1.807, 2.05) is 0 Å². The molecule has 8 heteroatoms. The standard InChI is InChI=1S/C19H23N5O3/c1-3-27-18(26)14-4-6-16(7-5-14)22-17(25)15-12-20-19(21-13-15)24-10-8-23(2)9-11-24/h4-7,12-13H,3,8-11H2,1-2H3,(H,22,25). The normalized spacial score (nSPS) is 14.7. The summed E-state index contributed by atoms with van der Waals surface area (Å²) in [6.07, 6.45) is 3.06. The first-order valence-electron chi connectivity index (χ1n) is 8.91. The van der Waals surface area contributed by atoms with Gasteiger partial charge in [0, 0.05) is 44.3 Å². The molecule has 1 aliphatic heterocycles. The van der Waals surface area contributed by atoms with Gasteiger partial charge in [0.15, 0.2) is 0 Å². The highest BCUT2D eigenvalue weighted by Gasteiger charge is 2.17. The molecule has 0 aliphatic carbocycles. The second kappa shape index (κ2) is 8.59. The fraction of sp³-hybridized carbons (Fsp3) is 0.368. The van der Waals surface area contributed by atoms with Crippen LogP contribution in [0.2, 0.25) is 0 Å². The van der Waals surface area contributed by atoms with Gasteiger partial charge in [-0.15, -0.1) is 0 Å². The van der Waals surface area contributed by atoms with Gasteiger partial charge in [0.1, 0.15) is 0 Å². The molecule has 0 radical (unpaired) electrons. The first kappa shape index (κ1) is 18.8. The zero-order chi connectivity index (χ0) is 19.2. The van der Waals surface area contributed by atoms with Gasteiger partial charge in [0.05, 0.1) is 17.7 Å². The van der Waals surface area contributed by atoms with Crippen LogP contribution in [0.1, 0.15) is 27.6 Å². The summed E-state index contributed by atoms with van der Waals surface area (Å²) in [6.45, 7) is 5.75. The fourth-order valence-corrected chi connectivity index (χ4v) is 2.72. The van der Waals surface area contributed by atoms with E-state index in [1.54, 1.807) is 31.2 Å². The lowest BCUT2D eigenvalue weighted by Gasteiger charge is -2.32. The number of nitrogens with zero attached hydrogens (tertiary/aromatic N) is 4. The van der Waals surface area contributed by atoms with E-state index in [0.29, 0.717) is 29.4 Å². The van der Waals surface area contributed by atoms with Crippen molar-refractivity contribution in [3.63, 3.8) is 0 Å². The van der Waals surface area contributed by atoms with Crippen LogP contribution in [-0.4, -0.2) is 66.6 Å². The summed E-state index contributed by atoms with van der Waals surface area (Å²) in [6, 6.07) is 6.54. The number of amides is 1. The highest BCUT2D eigenvalue weighted by atomic mass is 16.5. The van der Waals surface area contributed by atoms with E-state index in [4.69, 9.17) is 4.74 Å². The number of ether oxygens (including phenoxy) is 1. The van der Waals surface area contributed by atoms with Gasteiger partial charge in [-0.2, -0.15) is 0 Å². The molecule has 8 nitrogen and oxygen atoms in total. The van der Waals surface area contributed by atoms with Crippen LogP contribution < -0.4 is 10.2 Å². The summed E-state index contributed by atoms with van der Waals surface area (Å²) >= 11 is 0. The van der Waals surface area contributed by atoms with Crippen molar-refractivity contribution in [3.8, 4) is 0 Å². The predicted molar refractivity (Wildman–Crippen MR) is 102 cm³/mol. The van der Waals surface area contributed by atoms with E-state index in [0.717, 1.165) is 26.2 Å². The maximum absolute atomic E-state index is 12.4. The second-order valence-corrected chi connectivity index (χ2v) is 6.31. The van der Waals surface area contributed by atoms with Gasteiger partial charge in [0.2, 0.25) is 5.95 Å². The molecule has 0 bridgehead atoms. The van der Waals surface area contributed by atoms with Crippen LogP contribution in [0.4, 0.5) is 11.6 Å². The first-order chi connectivity index (χ1) is 13.1. The van der Waals surface area contributed by atoms with Gasteiger partial charge in [-0.3, -0.25) is 4.79 Å². The Hall–Kier alpha value is -3.00. The van der Waals surface area contributed by atoms with Crippen LogP contribution in [0.3, 0.4) is 0 Å². The van der Waals surface area contributed by atoms with Gasteiger partial charge in [-0.1, -0.05) is 0 Å². The van der Waals surface area contributed by atoms with Crippen LogP contribution in [-0.2, 0) is 4.74 Å². The number of hydrogen-bond acceptors (Lipinski definition) is 7. The third kappa shape index (κ3) is 4.79. The molecular formula is C19H23N5O3. The Labute approximate surface area is 158 Å². The van der Waals surface area contributed by atoms with Gasteiger partial charge in [0.25, 0.3) is 5.91 Å². The SMILES string of the molecule is CCOC(=O)c1ccc(NC(=O)c2cnc(N3CCN(C)CC3)nc2)cc1. The summed E-state index contributed by atoms with van der Waals surface area (Å²) in [4.78, 5) is 37.0. The number of rotatable bonds is 5. The average Bonchev–Trinajstić information content (AvgIpc) is 2.69. The third-order valence-electron chi connectivity index (χ3n) is 4.34. The van der Waals surface area contributed by atoms with E-state index in [1.165, 1.54) is 12.4 Å². The molecule has 1 aliphatic rings. The maximum atomic E-state index is 12.4. The average molecular weight is 369 g/mol. The number of piperazine rings is 1. The van der Waals surface area contributed by atoms with Crippen molar-refractivity contribution in [3.05, 3.63) is 47.8 Å². The van der Waals surface area contributed by atoms with E-state index >= 15 is 0 Å². The fourth-order valence-electron chi connectivity index (χ4n) is 2.72. The summed E-state index contributed by atoms with van der Waals surface area (Å²) in [5, 5.41) is 2.77. The monoisotopic (exact) mass is 369 g/mol.